The van der Waals surface area contributed by atoms with Crippen molar-refractivity contribution in [1.29, 1.82) is 0 Å². The van der Waals surface area contributed by atoms with Crippen LogP contribution >= 0.6 is 0 Å². The van der Waals surface area contributed by atoms with Crippen LogP contribution in [-0.2, 0) is 24.3 Å². The first-order valence-corrected chi connectivity index (χ1v) is 12.2. The molecule has 1 aliphatic heterocycles. The van der Waals surface area contributed by atoms with E-state index >= 15 is 0 Å². The van der Waals surface area contributed by atoms with Crippen molar-refractivity contribution in [3.05, 3.63) is 78.4 Å². The Morgan fingerprint density at radius 2 is 1.71 bits per heavy atom. The van der Waals surface area contributed by atoms with Crippen molar-refractivity contribution in [2.45, 2.75) is 17.9 Å². The molecule has 182 valence electrons. The van der Waals surface area contributed by atoms with E-state index in [4.69, 9.17) is 14.2 Å². The number of fused-ring (bicyclic) bond motifs is 1. The molecule has 0 saturated carbocycles. The highest BCUT2D eigenvalue weighted by molar-refractivity contribution is 7.92. The minimum Gasteiger partial charge on any atom is -0.484 e. The SMILES string of the molecule is COC(=O)C1CN(C(=O)COc2ccc(S(=O)(=O)Nc3ccc(C)cc3)cc2)c2ccccc2O1. The molecule has 9 nitrogen and oxygen atoms in total. The molecule has 0 saturated heterocycles. The van der Waals surface area contributed by atoms with Crippen molar-refractivity contribution < 1.29 is 32.2 Å². The van der Waals surface area contributed by atoms with Gasteiger partial charge in [-0.25, -0.2) is 13.2 Å². The Balaban J connectivity index is 1.42. The van der Waals surface area contributed by atoms with E-state index in [-0.39, 0.29) is 18.0 Å². The number of anilines is 2. The standard InChI is InChI=1S/C25H24N2O7S/c1-17-7-9-18(10-8-17)26-35(30,31)20-13-11-19(12-14-20)33-16-24(28)27-15-23(25(29)32-2)34-22-6-4-3-5-21(22)27/h3-14,23,26H,15-16H2,1-2H3. The number of hydrogen-bond acceptors (Lipinski definition) is 7. The lowest BCUT2D eigenvalue weighted by molar-refractivity contribution is -0.148. The molecular formula is C25H24N2O7S. The molecule has 1 aliphatic rings. The largest absolute Gasteiger partial charge is 0.484 e. The number of nitrogens with zero attached hydrogens (tertiary/aromatic N) is 1. The second kappa shape index (κ2) is 10.1. The van der Waals surface area contributed by atoms with E-state index < -0.39 is 28.0 Å². The summed E-state index contributed by atoms with van der Waals surface area (Å²) in [4.78, 5) is 26.4. The van der Waals surface area contributed by atoms with Gasteiger partial charge in [-0.1, -0.05) is 29.8 Å². The van der Waals surface area contributed by atoms with Gasteiger partial charge in [0.25, 0.3) is 15.9 Å². The van der Waals surface area contributed by atoms with Crippen LogP contribution in [0.25, 0.3) is 0 Å². The van der Waals surface area contributed by atoms with Crippen LogP contribution in [0.3, 0.4) is 0 Å². The number of rotatable bonds is 7. The van der Waals surface area contributed by atoms with Crippen LogP contribution in [0.5, 0.6) is 11.5 Å². The molecule has 0 aliphatic carbocycles. The normalized spacial score (nSPS) is 14.9. The number of para-hydroxylation sites is 2. The summed E-state index contributed by atoms with van der Waals surface area (Å²) in [6.45, 7) is 1.57. The third kappa shape index (κ3) is 5.55. The summed E-state index contributed by atoms with van der Waals surface area (Å²) < 4.78 is 43.8. The van der Waals surface area contributed by atoms with Crippen molar-refractivity contribution in [3.8, 4) is 11.5 Å². The number of amides is 1. The quantitative estimate of drug-likeness (QED) is 0.500. The predicted octanol–water partition coefficient (Wildman–Crippen LogP) is 3.14. The summed E-state index contributed by atoms with van der Waals surface area (Å²) in [5.41, 5.74) is 1.99. The molecule has 4 rings (SSSR count). The minimum atomic E-state index is -3.78. The van der Waals surface area contributed by atoms with Crippen LogP contribution < -0.4 is 19.1 Å². The average molecular weight is 497 g/mol. The van der Waals surface area contributed by atoms with Crippen LogP contribution in [0.4, 0.5) is 11.4 Å². The number of benzene rings is 3. The molecule has 0 aromatic heterocycles. The lowest BCUT2D eigenvalue weighted by Gasteiger charge is -2.33. The Hall–Kier alpha value is -4.05. The Labute approximate surface area is 203 Å². The predicted molar refractivity (Wildman–Crippen MR) is 129 cm³/mol. The molecule has 1 unspecified atom stereocenters. The van der Waals surface area contributed by atoms with Crippen molar-refractivity contribution in [3.63, 3.8) is 0 Å². The molecule has 0 radical (unpaired) electrons. The van der Waals surface area contributed by atoms with Gasteiger partial charge in [0.1, 0.15) is 11.5 Å². The van der Waals surface area contributed by atoms with Gasteiger partial charge in [0.2, 0.25) is 6.10 Å². The fourth-order valence-electron chi connectivity index (χ4n) is 3.50. The zero-order chi connectivity index (χ0) is 25.0. The fourth-order valence-corrected chi connectivity index (χ4v) is 4.56. The second-order valence-corrected chi connectivity index (χ2v) is 9.52. The van der Waals surface area contributed by atoms with Crippen LogP contribution in [-0.4, -0.2) is 46.7 Å². The first-order chi connectivity index (χ1) is 16.8. The highest BCUT2D eigenvalue weighted by Crippen LogP contribution is 2.33. The van der Waals surface area contributed by atoms with E-state index in [0.717, 1.165) is 5.56 Å². The third-order valence-electron chi connectivity index (χ3n) is 5.34. The number of carbonyl (C=O) groups is 2. The van der Waals surface area contributed by atoms with Crippen molar-refractivity contribution in [2.75, 3.05) is 29.9 Å². The van der Waals surface area contributed by atoms with Gasteiger partial charge in [0, 0.05) is 5.69 Å². The molecule has 0 spiro atoms. The Kier molecular flexibility index (Phi) is 6.92. The van der Waals surface area contributed by atoms with Crippen molar-refractivity contribution in [1.82, 2.24) is 0 Å². The van der Waals surface area contributed by atoms with E-state index in [1.807, 2.05) is 19.1 Å². The van der Waals surface area contributed by atoms with Gasteiger partial charge in [-0.15, -0.1) is 0 Å². The molecule has 1 N–H and O–H groups in total. The first-order valence-electron chi connectivity index (χ1n) is 10.7. The lowest BCUT2D eigenvalue weighted by atomic mass is 10.2. The number of nitrogens with one attached hydrogen (secondary N) is 1. The summed E-state index contributed by atoms with van der Waals surface area (Å²) in [6, 6.07) is 19.6. The topological polar surface area (TPSA) is 111 Å². The molecule has 3 aromatic rings. The van der Waals surface area contributed by atoms with Crippen LogP contribution in [0, 0.1) is 6.92 Å². The maximum Gasteiger partial charge on any atom is 0.348 e. The molecular weight excluding hydrogens is 472 g/mol. The molecule has 1 amide bonds. The summed E-state index contributed by atoms with van der Waals surface area (Å²) in [6.07, 6.45) is -0.954. The number of sulfonamides is 1. The molecule has 0 bridgehead atoms. The average Bonchev–Trinajstić information content (AvgIpc) is 2.87. The number of carbonyl (C=O) groups excluding carboxylic acids is 2. The van der Waals surface area contributed by atoms with Gasteiger partial charge in [-0.2, -0.15) is 0 Å². The molecule has 0 fully saturated rings. The molecule has 35 heavy (non-hydrogen) atoms. The number of esters is 1. The number of hydrogen-bond donors (Lipinski definition) is 1. The lowest BCUT2D eigenvalue weighted by Crippen LogP contribution is -2.48. The second-order valence-electron chi connectivity index (χ2n) is 7.83. The maximum atomic E-state index is 12.9. The van der Waals surface area contributed by atoms with Gasteiger partial charge < -0.3 is 19.1 Å². The highest BCUT2D eigenvalue weighted by atomic mass is 32.2. The minimum absolute atomic E-state index is 0.0201. The van der Waals surface area contributed by atoms with E-state index in [9.17, 15) is 18.0 Å². The van der Waals surface area contributed by atoms with Crippen LogP contribution in [0.1, 0.15) is 5.56 Å². The highest BCUT2D eigenvalue weighted by Gasteiger charge is 2.34. The van der Waals surface area contributed by atoms with Crippen molar-refractivity contribution in [2.24, 2.45) is 0 Å². The fraction of sp³-hybridized carbons (Fsp3) is 0.200. The summed E-state index contributed by atoms with van der Waals surface area (Å²) >= 11 is 0. The van der Waals surface area contributed by atoms with Gasteiger partial charge >= 0.3 is 5.97 Å². The Morgan fingerprint density at radius 1 is 1.03 bits per heavy atom. The zero-order valence-electron chi connectivity index (χ0n) is 19.1. The molecule has 10 heteroatoms. The van der Waals surface area contributed by atoms with Gasteiger partial charge in [0.05, 0.1) is 24.2 Å². The zero-order valence-corrected chi connectivity index (χ0v) is 19.9. The number of aryl methyl sites for hydroxylation is 1. The van der Waals surface area contributed by atoms with E-state index in [1.165, 1.54) is 36.3 Å². The van der Waals surface area contributed by atoms with Gasteiger partial charge in [0.15, 0.2) is 6.61 Å². The van der Waals surface area contributed by atoms with Crippen LogP contribution in [0.2, 0.25) is 0 Å². The Bertz CT molecular complexity index is 1320. The maximum absolute atomic E-state index is 12.9. The van der Waals surface area contributed by atoms with E-state index in [1.54, 1.807) is 36.4 Å². The number of ether oxygens (including phenoxy) is 3. The molecule has 1 atom stereocenters. The molecule has 1 heterocycles. The monoisotopic (exact) mass is 496 g/mol. The van der Waals surface area contributed by atoms with Crippen LogP contribution in [0.15, 0.2) is 77.7 Å². The summed E-state index contributed by atoms with van der Waals surface area (Å²) in [5.74, 6) is -0.279. The third-order valence-corrected chi connectivity index (χ3v) is 6.74. The number of methoxy groups -OCH3 is 1. The van der Waals surface area contributed by atoms with Crippen molar-refractivity contribution >= 4 is 33.3 Å². The smallest absolute Gasteiger partial charge is 0.348 e. The van der Waals surface area contributed by atoms with Gasteiger partial charge in [-0.05, 0) is 55.5 Å². The first kappa shape index (κ1) is 24.1. The Morgan fingerprint density at radius 3 is 2.40 bits per heavy atom. The summed E-state index contributed by atoms with van der Waals surface area (Å²) in [5, 5.41) is 0. The van der Waals surface area contributed by atoms with E-state index in [0.29, 0.717) is 22.9 Å². The summed E-state index contributed by atoms with van der Waals surface area (Å²) in [7, 11) is -2.53. The van der Waals surface area contributed by atoms with Gasteiger partial charge in [-0.3, -0.25) is 9.52 Å². The van der Waals surface area contributed by atoms with E-state index in [2.05, 4.69) is 4.72 Å². The molecule has 3 aromatic carbocycles.